The second kappa shape index (κ2) is 5.63. The van der Waals surface area contributed by atoms with E-state index < -0.39 is 31.2 Å². The van der Waals surface area contributed by atoms with Crippen LogP contribution in [0.25, 0.3) is 0 Å². The molecule has 8 N–H and O–H groups in total. The van der Waals surface area contributed by atoms with Crippen molar-refractivity contribution in [1.29, 1.82) is 0 Å². The molecule has 0 amide bonds. The first-order chi connectivity index (χ1) is 5.41. The lowest BCUT2D eigenvalue weighted by Gasteiger charge is -1.97. The first-order valence-electron chi connectivity index (χ1n) is 2.03. The highest BCUT2D eigenvalue weighted by atomic mass is 32.3. The van der Waals surface area contributed by atoms with Crippen molar-refractivity contribution in [3.8, 4) is 0 Å². The van der Waals surface area contributed by atoms with Crippen molar-refractivity contribution in [1.82, 2.24) is 12.3 Å². The van der Waals surface area contributed by atoms with E-state index >= 15 is 0 Å². The summed E-state index contributed by atoms with van der Waals surface area (Å²) < 4.78 is 80.2. The molecule has 0 bridgehead atoms. The average Bonchev–Trinajstić information content (AvgIpc) is 1.43. The quantitative estimate of drug-likeness (QED) is 0.420. The Balaban J connectivity index is -0.000000720. The van der Waals surface area contributed by atoms with Crippen LogP contribution in [0.15, 0.2) is 0 Å². The zero-order valence-corrected chi connectivity index (χ0v) is 9.25. The molecule has 0 rings (SSSR count). The molecule has 0 aliphatic rings. The van der Waals surface area contributed by atoms with Gasteiger partial charge in [-0.1, -0.05) is 7.26 Å². The maximum Gasteiger partial charge on any atom is 0.432 e. The van der Waals surface area contributed by atoms with Crippen LogP contribution >= 0.6 is 0 Å². The van der Waals surface area contributed by atoms with E-state index in [0.29, 0.717) is 0 Å². The largest absolute Gasteiger partial charge is 0.432 e. The summed E-state index contributed by atoms with van der Waals surface area (Å²) in [5, 5.41) is 0. The molecule has 12 nitrogen and oxygen atoms in total. The Labute approximate surface area is 85.6 Å². The van der Waals surface area contributed by atoms with Gasteiger partial charge < -0.3 is 12.3 Å². The molecule has 15 heavy (non-hydrogen) atoms. The fourth-order valence-electron chi connectivity index (χ4n) is 0.222. The fourth-order valence-corrected chi connectivity index (χ4v) is 2.20. The number of rotatable bonds is 4. The molecule has 0 spiro atoms. The minimum Gasteiger partial charge on any atom is -0.344 e. The van der Waals surface area contributed by atoms with Crippen molar-refractivity contribution in [2.24, 2.45) is 0 Å². The van der Waals surface area contributed by atoms with Gasteiger partial charge in [0.1, 0.15) is 0 Å². The average molecular weight is 292 g/mol. The summed E-state index contributed by atoms with van der Waals surface area (Å²) in [6, 6.07) is 0. The van der Waals surface area contributed by atoms with Gasteiger partial charge in [0.2, 0.25) is 0 Å². The molecule has 0 aliphatic heterocycles. The lowest BCUT2D eigenvalue weighted by atomic mass is 14.0. The molecule has 0 unspecified atom stereocenters. The van der Waals surface area contributed by atoms with E-state index in [1.807, 2.05) is 0 Å². The molecule has 15 heteroatoms. The molecule has 0 fully saturated rings. The summed E-state index contributed by atoms with van der Waals surface area (Å²) >= 11 is 0. The van der Waals surface area contributed by atoms with E-state index in [1.165, 1.54) is 0 Å². The summed E-state index contributed by atoms with van der Waals surface area (Å²) in [4.78, 5) is 0. The van der Waals surface area contributed by atoms with E-state index in [9.17, 15) is 25.3 Å². The molecular weight excluding hydrogens is 284 g/mol. The van der Waals surface area contributed by atoms with Crippen molar-refractivity contribution >= 4 is 31.2 Å². The molecule has 0 atom stereocenters. The predicted molar refractivity (Wildman–Crippen MR) is 44.2 cm³/mol. The Morgan fingerprint density at radius 2 is 0.867 bits per heavy atom. The Kier molecular flexibility index (Phi) is 7.53. The van der Waals surface area contributed by atoms with Gasteiger partial charge in [0, 0.05) is 0 Å². The van der Waals surface area contributed by atoms with Gasteiger partial charge >= 0.3 is 31.2 Å². The van der Waals surface area contributed by atoms with Crippen LogP contribution in [0.3, 0.4) is 0 Å². The van der Waals surface area contributed by atoms with Crippen molar-refractivity contribution in [3.63, 3.8) is 0 Å². The Hall–Kier alpha value is -0.390. The molecule has 0 heterocycles. The van der Waals surface area contributed by atoms with Crippen LogP contribution in [-0.2, 0) is 38.5 Å². The fraction of sp³-hybridized carbons (Fsp3) is 0. The third-order valence-corrected chi connectivity index (χ3v) is 3.05. The highest BCUT2D eigenvalue weighted by Gasteiger charge is 2.27. The topological polar surface area (TPSA) is 231 Å². The summed E-state index contributed by atoms with van der Waals surface area (Å²) in [5.41, 5.74) is 0. The summed E-state index contributed by atoms with van der Waals surface area (Å²) in [6.45, 7) is 0. The van der Waals surface area contributed by atoms with E-state index in [0.717, 1.165) is 0 Å². The second-order valence-corrected chi connectivity index (χ2v) is 5.02. The molecule has 0 radical (unpaired) electrons. The van der Waals surface area contributed by atoms with Gasteiger partial charge in [0.05, 0.1) is 0 Å². The minimum absolute atomic E-state index is 0. The van der Waals surface area contributed by atoms with E-state index in [2.05, 4.69) is 7.26 Å². The Morgan fingerprint density at radius 1 is 0.667 bits per heavy atom. The zero-order chi connectivity index (χ0) is 10.9. The summed E-state index contributed by atoms with van der Waals surface area (Å²) in [5.74, 6) is 0. The molecule has 96 valence electrons. The van der Waals surface area contributed by atoms with Crippen LogP contribution in [0.4, 0.5) is 0 Å². The highest BCUT2D eigenvalue weighted by molar-refractivity contribution is 8.00. The van der Waals surface area contributed by atoms with Crippen molar-refractivity contribution < 1.29 is 41.6 Å². The van der Waals surface area contributed by atoms with Gasteiger partial charge in [-0.3, -0.25) is 9.11 Å². The van der Waals surface area contributed by atoms with E-state index in [-0.39, 0.29) is 12.3 Å². The van der Waals surface area contributed by atoms with Crippen LogP contribution in [0.1, 0.15) is 0 Å². The smallest absolute Gasteiger partial charge is 0.344 e. The molecule has 0 aromatic carbocycles. The van der Waals surface area contributed by atoms with E-state index in [1.54, 1.807) is 0 Å². The maximum absolute atomic E-state index is 10.1. The minimum atomic E-state index is -5.57. The number of hydrogen-bond donors (Lipinski definition) is 4. The molecule has 0 aromatic rings. The van der Waals surface area contributed by atoms with Gasteiger partial charge in [-0.25, -0.2) is 0 Å². The first-order valence-corrected chi connectivity index (χ1v) is 6.10. The van der Waals surface area contributed by atoms with Gasteiger partial charge in [-0.05, 0) is 0 Å². The molecule has 0 aliphatic carbocycles. The van der Waals surface area contributed by atoms with Crippen molar-refractivity contribution in [3.05, 3.63) is 0 Å². The molecule has 0 saturated carbocycles. The standard InChI is InChI=1S/2H3N.H2O10S3/c;;1-11(2,3)9-13(7,8)10-12(4,5)6/h2*1H3;(H,1,2,3)(H,4,5,6). The number of hydrogen-bond acceptors (Lipinski definition) is 10. The van der Waals surface area contributed by atoms with Crippen molar-refractivity contribution in [2.75, 3.05) is 0 Å². The Morgan fingerprint density at radius 3 is 1.00 bits per heavy atom. The van der Waals surface area contributed by atoms with Gasteiger partial charge in [0.25, 0.3) is 0 Å². The predicted octanol–water partition coefficient (Wildman–Crippen LogP) is -1.81. The second-order valence-electron chi connectivity index (χ2n) is 1.40. The van der Waals surface area contributed by atoms with Gasteiger partial charge in [-0.15, -0.1) is 0 Å². The lowest BCUT2D eigenvalue weighted by molar-refractivity contribution is 0.328. The molecular formula is H8N2O10S3. The summed E-state index contributed by atoms with van der Waals surface area (Å²) in [7, 11) is -16.5. The highest BCUT2D eigenvalue weighted by Crippen LogP contribution is 2.03. The van der Waals surface area contributed by atoms with Crippen LogP contribution in [0.5, 0.6) is 0 Å². The van der Waals surface area contributed by atoms with Gasteiger partial charge in [-0.2, -0.15) is 25.3 Å². The zero-order valence-electron chi connectivity index (χ0n) is 6.80. The van der Waals surface area contributed by atoms with Gasteiger partial charge in [0.15, 0.2) is 0 Å². The van der Waals surface area contributed by atoms with Crippen LogP contribution < -0.4 is 12.3 Å². The van der Waals surface area contributed by atoms with Crippen LogP contribution in [-0.4, -0.2) is 34.4 Å². The molecule has 0 aromatic heterocycles. The maximum atomic E-state index is 10.1. The third kappa shape index (κ3) is 13.6. The summed E-state index contributed by atoms with van der Waals surface area (Å²) in [6.07, 6.45) is 0. The molecule has 0 saturated heterocycles. The third-order valence-electron chi connectivity index (χ3n) is 0.339. The SMILES string of the molecule is N.N.O=S(=O)(O)OS(=O)(=O)OS(=O)(=O)O. The first kappa shape index (κ1) is 20.1. The monoisotopic (exact) mass is 292 g/mol. The normalized spacial score (nSPS) is 12.4. The van der Waals surface area contributed by atoms with Crippen LogP contribution in [0, 0.1) is 0 Å². The van der Waals surface area contributed by atoms with E-state index in [4.69, 9.17) is 9.11 Å². The van der Waals surface area contributed by atoms with Crippen molar-refractivity contribution in [2.45, 2.75) is 0 Å². The Bertz CT molecular complexity index is 423. The van der Waals surface area contributed by atoms with Crippen LogP contribution in [0.2, 0.25) is 0 Å². The lowest BCUT2D eigenvalue weighted by Crippen LogP contribution is -2.18.